The highest BCUT2D eigenvalue weighted by Gasteiger charge is 2.17. The standard InChI is InChI=1S/C17H34N4O.HI/c1-3-18-17(19-8-9-21-10-12-22-13-11-21)20-14-16-6-4-15(2)5-7-16;/h15-16H,3-14H2,1-2H3,(H2,18,19,20);1H. The Balaban J connectivity index is 0.00000264. The molecule has 0 aromatic heterocycles. The third-order valence-corrected chi connectivity index (χ3v) is 4.81. The smallest absolute Gasteiger partial charge is 0.191 e. The van der Waals surface area contributed by atoms with Crippen LogP contribution in [0.25, 0.3) is 0 Å². The fourth-order valence-electron chi connectivity index (χ4n) is 3.23. The van der Waals surface area contributed by atoms with Crippen LogP contribution in [0.2, 0.25) is 0 Å². The van der Waals surface area contributed by atoms with Gasteiger partial charge in [0, 0.05) is 39.3 Å². The van der Waals surface area contributed by atoms with Gasteiger partial charge in [-0.3, -0.25) is 9.89 Å². The van der Waals surface area contributed by atoms with E-state index in [9.17, 15) is 0 Å². The number of halogens is 1. The van der Waals surface area contributed by atoms with Crippen LogP contribution in [0.1, 0.15) is 39.5 Å². The van der Waals surface area contributed by atoms with Crippen molar-refractivity contribution < 1.29 is 4.74 Å². The molecule has 2 N–H and O–H groups in total. The van der Waals surface area contributed by atoms with E-state index in [-0.39, 0.29) is 24.0 Å². The van der Waals surface area contributed by atoms with Gasteiger partial charge in [-0.1, -0.05) is 19.8 Å². The molecule has 2 rings (SSSR count). The molecule has 0 amide bonds. The van der Waals surface area contributed by atoms with Crippen molar-refractivity contribution in [1.29, 1.82) is 0 Å². The monoisotopic (exact) mass is 438 g/mol. The topological polar surface area (TPSA) is 48.9 Å². The number of hydrogen-bond donors (Lipinski definition) is 2. The van der Waals surface area contributed by atoms with Crippen LogP contribution < -0.4 is 10.6 Å². The lowest BCUT2D eigenvalue weighted by atomic mass is 9.83. The number of guanidine groups is 1. The first-order valence-electron chi connectivity index (χ1n) is 9.10. The summed E-state index contributed by atoms with van der Waals surface area (Å²) in [5, 5.41) is 6.84. The number of ether oxygens (including phenoxy) is 1. The van der Waals surface area contributed by atoms with Gasteiger partial charge in [-0.25, -0.2) is 0 Å². The lowest BCUT2D eigenvalue weighted by molar-refractivity contribution is 0.0389. The summed E-state index contributed by atoms with van der Waals surface area (Å²) in [4.78, 5) is 7.24. The molecule has 1 aliphatic carbocycles. The van der Waals surface area contributed by atoms with Gasteiger partial charge in [0.25, 0.3) is 0 Å². The molecule has 0 unspecified atom stereocenters. The molecular formula is C17H35IN4O. The summed E-state index contributed by atoms with van der Waals surface area (Å²) < 4.78 is 5.38. The van der Waals surface area contributed by atoms with Gasteiger partial charge in [-0.05, 0) is 31.6 Å². The molecule has 0 aromatic carbocycles. The quantitative estimate of drug-likeness (QED) is 0.380. The van der Waals surface area contributed by atoms with Crippen molar-refractivity contribution in [1.82, 2.24) is 15.5 Å². The van der Waals surface area contributed by atoms with E-state index >= 15 is 0 Å². The van der Waals surface area contributed by atoms with Crippen LogP contribution in [0.3, 0.4) is 0 Å². The minimum atomic E-state index is 0. The van der Waals surface area contributed by atoms with Crippen LogP contribution in [0.4, 0.5) is 0 Å². The second kappa shape index (κ2) is 12.3. The van der Waals surface area contributed by atoms with Crippen molar-refractivity contribution in [3.05, 3.63) is 0 Å². The Morgan fingerprint density at radius 1 is 1.13 bits per heavy atom. The van der Waals surface area contributed by atoms with Crippen LogP contribution in [0.5, 0.6) is 0 Å². The summed E-state index contributed by atoms with van der Waals surface area (Å²) >= 11 is 0. The highest BCUT2D eigenvalue weighted by atomic mass is 127. The molecule has 136 valence electrons. The van der Waals surface area contributed by atoms with Crippen molar-refractivity contribution in [2.45, 2.75) is 39.5 Å². The van der Waals surface area contributed by atoms with Gasteiger partial charge < -0.3 is 15.4 Å². The van der Waals surface area contributed by atoms with Crippen molar-refractivity contribution in [3.63, 3.8) is 0 Å². The third-order valence-electron chi connectivity index (χ3n) is 4.81. The van der Waals surface area contributed by atoms with E-state index in [4.69, 9.17) is 9.73 Å². The van der Waals surface area contributed by atoms with Gasteiger partial charge in [-0.15, -0.1) is 24.0 Å². The Labute approximate surface area is 159 Å². The second-order valence-electron chi connectivity index (χ2n) is 6.73. The maximum absolute atomic E-state index is 5.38. The minimum absolute atomic E-state index is 0. The molecule has 2 fully saturated rings. The summed E-state index contributed by atoms with van der Waals surface area (Å²) in [6.45, 7) is 12.2. The Hall–Kier alpha value is -0.0800. The van der Waals surface area contributed by atoms with Crippen LogP contribution in [-0.4, -0.2) is 63.3 Å². The van der Waals surface area contributed by atoms with Gasteiger partial charge in [0.2, 0.25) is 0 Å². The maximum Gasteiger partial charge on any atom is 0.191 e. The van der Waals surface area contributed by atoms with Gasteiger partial charge in [0.1, 0.15) is 0 Å². The Bertz CT molecular complexity index is 327. The lowest BCUT2D eigenvalue weighted by Gasteiger charge is -2.27. The second-order valence-corrected chi connectivity index (χ2v) is 6.73. The van der Waals surface area contributed by atoms with E-state index in [2.05, 4.69) is 29.4 Å². The molecule has 0 spiro atoms. The summed E-state index contributed by atoms with van der Waals surface area (Å²) in [7, 11) is 0. The van der Waals surface area contributed by atoms with Crippen molar-refractivity contribution >= 4 is 29.9 Å². The minimum Gasteiger partial charge on any atom is -0.379 e. The molecule has 0 aromatic rings. The average molecular weight is 438 g/mol. The van der Waals surface area contributed by atoms with Gasteiger partial charge in [0.05, 0.1) is 13.2 Å². The van der Waals surface area contributed by atoms with Crippen molar-refractivity contribution in [2.24, 2.45) is 16.8 Å². The van der Waals surface area contributed by atoms with Gasteiger partial charge in [-0.2, -0.15) is 0 Å². The summed E-state index contributed by atoms with van der Waals surface area (Å²) in [5.74, 6) is 2.68. The molecule has 1 heterocycles. The van der Waals surface area contributed by atoms with Crippen LogP contribution in [-0.2, 0) is 4.74 Å². The molecule has 0 bridgehead atoms. The van der Waals surface area contributed by atoms with Crippen molar-refractivity contribution in [2.75, 3.05) is 52.5 Å². The maximum atomic E-state index is 5.38. The average Bonchev–Trinajstić information content (AvgIpc) is 2.55. The summed E-state index contributed by atoms with van der Waals surface area (Å²) in [6, 6.07) is 0. The predicted molar refractivity (Wildman–Crippen MR) is 108 cm³/mol. The first-order valence-corrected chi connectivity index (χ1v) is 9.10. The lowest BCUT2D eigenvalue weighted by Crippen LogP contribution is -2.44. The number of rotatable bonds is 6. The Morgan fingerprint density at radius 2 is 1.83 bits per heavy atom. The first kappa shape index (κ1) is 21.0. The predicted octanol–water partition coefficient (Wildman–Crippen LogP) is 2.32. The van der Waals surface area contributed by atoms with E-state index in [1.165, 1.54) is 25.7 Å². The molecule has 6 heteroatoms. The van der Waals surface area contributed by atoms with E-state index in [1.807, 2.05) is 0 Å². The highest BCUT2D eigenvalue weighted by Crippen LogP contribution is 2.28. The fourth-order valence-corrected chi connectivity index (χ4v) is 3.23. The van der Waals surface area contributed by atoms with Crippen molar-refractivity contribution in [3.8, 4) is 0 Å². The van der Waals surface area contributed by atoms with Crippen LogP contribution in [0.15, 0.2) is 4.99 Å². The number of nitrogens with zero attached hydrogens (tertiary/aromatic N) is 2. The normalized spacial score (nSPS) is 26.4. The molecule has 23 heavy (non-hydrogen) atoms. The van der Waals surface area contributed by atoms with Gasteiger partial charge in [0.15, 0.2) is 5.96 Å². The molecule has 5 nitrogen and oxygen atoms in total. The molecular weight excluding hydrogens is 403 g/mol. The summed E-state index contributed by atoms with van der Waals surface area (Å²) in [5.41, 5.74) is 0. The third kappa shape index (κ3) is 8.54. The first-order chi connectivity index (χ1) is 10.8. The van der Waals surface area contributed by atoms with E-state index in [1.54, 1.807) is 0 Å². The Kier molecular flexibility index (Phi) is 11.2. The highest BCUT2D eigenvalue weighted by molar-refractivity contribution is 14.0. The molecule has 1 aliphatic heterocycles. The molecule has 0 atom stereocenters. The zero-order valence-electron chi connectivity index (χ0n) is 14.9. The molecule has 2 aliphatic rings. The number of hydrogen-bond acceptors (Lipinski definition) is 3. The number of morpholine rings is 1. The summed E-state index contributed by atoms with van der Waals surface area (Å²) in [6.07, 6.45) is 5.44. The van der Waals surface area contributed by atoms with E-state index in [0.29, 0.717) is 0 Å². The van der Waals surface area contributed by atoms with E-state index < -0.39 is 0 Å². The zero-order valence-corrected chi connectivity index (χ0v) is 17.2. The van der Waals surface area contributed by atoms with Gasteiger partial charge >= 0.3 is 0 Å². The fraction of sp³-hybridized carbons (Fsp3) is 0.941. The zero-order chi connectivity index (χ0) is 15.6. The largest absolute Gasteiger partial charge is 0.379 e. The van der Waals surface area contributed by atoms with Crippen LogP contribution in [0, 0.1) is 11.8 Å². The number of aliphatic imine (C=N–C) groups is 1. The number of nitrogens with one attached hydrogen (secondary N) is 2. The SMILES string of the molecule is CCNC(=NCC1CCC(C)CC1)NCCN1CCOCC1.I. The molecule has 1 saturated carbocycles. The van der Waals surface area contributed by atoms with E-state index in [0.717, 1.165) is 70.3 Å². The molecule has 0 radical (unpaired) electrons. The Morgan fingerprint density at radius 3 is 2.48 bits per heavy atom. The van der Waals surface area contributed by atoms with Crippen LogP contribution >= 0.6 is 24.0 Å². The molecule has 1 saturated heterocycles.